The van der Waals surface area contributed by atoms with E-state index in [9.17, 15) is 0 Å². The third kappa shape index (κ3) is 3.55. The summed E-state index contributed by atoms with van der Waals surface area (Å²) in [6, 6.07) is 13.1. The first kappa shape index (κ1) is 22.3. The van der Waals surface area contributed by atoms with E-state index in [1.807, 2.05) is 13.8 Å². The van der Waals surface area contributed by atoms with Crippen molar-refractivity contribution < 1.29 is 17.6 Å². The van der Waals surface area contributed by atoms with Gasteiger partial charge in [0, 0.05) is 13.1 Å². The summed E-state index contributed by atoms with van der Waals surface area (Å²) in [5.74, 6) is -11.0. The second kappa shape index (κ2) is 8.56. The van der Waals surface area contributed by atoms with Crippen molar-refractivity contribution in [1.82, 2.24) is 19.1 Å². The molecule has 0 spiro atoms. The number of aromatic nitrogens is 4. The van der Waals surface area contributed by atoms with Crippen molar-refractivity contribution in [3.8, 4) is 0 Å². The fourth-order valence-electron chi connectivity index (χ4n) is 4.00. The lowest BCUT2D eigenvalue weighted by atomic mass is 10.1. The van der Waals surface area contributed by atoms with Crippen molar-refractivity contribution in [3.05, 3.63) is 60.2 Å². The van der Waals surface area contributed by atoms with Crippen molar-refractivity contribution in [2.24, 2.45) is 0 Å². The first-order valence-electron chi connectivity index (χ1n) is 11.0. The van der Waals surface area contributed by atoms with E-state index >= 15 is 17.6 Å². The predicted octanol–water partition coefficient (Wildman–Crippen LogP) is 6.87. The van der Waals surface area contributed by atoms with E-state index in [0.717, 1.165) is 12.8 Å². The topological polar surface area (TPSA) is 35.6 Å². The molecule has 170 valence electrons. The van der Waals surface area contributed by atoms with Gasteiger partial charge in [0.05, 0.1) is 22.1 Å². The Labute approximate surface area is 183 Å². The van der Waals surface area contributed by atoms with E-state index < -0.39 is 23.5 Å². The fourth-order valence-corrected chi connectivity index (χ4v) is 4.00. The van der Waals surface area contributed by atoms with Crippen LogP contribution in [0.15, 0.2) is 48.5 Å². The Kier molecular flexibility index (Phi) is 5.97. The lowest BCUT2D eigenvalue weighted by molar-refractivity contribution is -0.234. The first-order chi connectivity index (χ1) is 15.3. The highest BCUT2D eigenvalue weighted by atomic mass is 19.3. The molecular weight excluding hydrogens is 420 g/mol. The van der Waals surface area contributed by atoms with E-state index in [2.05, 4.69) is 9.97 Å². The smallest absolute Gasteiger partial charge is 0.323 e. The molecule has 32 heavy (non-hydrogen) atoms. The van der Waals surface area contributed by atoms with Crippen LogP contribution in [0.1, 0.15) is 51.2 Å². The molecule has 0 bridgehead atoms. The summed E-state index contributed by atoms with van der Waals surface area (Å²) in [4.78, 5) is 7.94. The molecule has 2 aromatic carbocycles. The molecule has 2 aromatic heterocycles. The van der Waals surface area contributed by atoms with Crippen LogP contribution < -0.4 is 0 Å². The van der Waals surface area contributed by atoms with E-state index in [1.165, 1.54) is 9.13 Å². The first-order valence-corrected chi connectivity index (χ1v) is 11.0. The Morgan fingerprint density at radius 2 is 1.03 bits per heavy atom. The maximum atomic E-state index is 15.7. The van der Waals surface area contributed by atoms with Crippen LogP contribution in [0, 0.1) is 0 Å². The molecule has 4 aromatic rings. The maximum absolute atomic E-state index is 15.7. The number of imidazole rings is 2. The van der Waals surface area contributed by atoms with E-state index in [-0.39, 0.29) is 24.1 Å². The average molecular weight is 446 g/mol. The second-order valence-corrected chi connectivity index (χ2v) is 8.01. The maximum Gasteiger partial charge on any atom is 0.374 e. The van der Waals surface area contributed by atoms with Gasteiger partial charge in [-0.3, -0.25) is 0 Å². The van der Waals surface area contributed by atoms with Gasteiger partial charge in [-0.1, -0.05) is 51.0 Å². The van der Waals surface area contributed by atoms with Crippen molar-refractivity contribution in [1.29, 1.82) is 0 Å². The minimum absolute atomic E-state index is 0.185. The summed E-state index contributed by atoms with van der Waals surface area (Å²) < 4.78 is 65.2. The Hall–Kier alpha value is -2.90. The zero-order chi connectivity index (χ0) is 22.9. The van der Waals surface area contributed by atoms with Crippen molar-refractivity contribution >= 4 is 22.1 Å². The van der Waals surface area contributed by atoms with E-state index in [1.54, 1.807) is 48.5 Å². The van der Waals surface area contributed by atoms with E-state index in [4.69, 9.17) is 0 Å². The van der Waals surface area contributed by atoms with Crippen LogP contribution in [-0.2, 0) is 24.9 Å². The summed E-state index contributed by atoms with van der Waals surface area (Å²) in [5, 5.41) is 0. The largest absolute Gasteiger partial charge is 0.374 e. The Morgan fingerprint density at radius 3 is 1.41 bits per heavy atom. The van der Waals surface area contributed by atoms with Gasteiger partial charge in [0.15, 0.2) is 11.6 Å². The molecule has 0 amide bonds. The lowest BCUT2D eigenvalue weighted by Crippen LogP contribution is -2.40. The number of benzene rings is 2. The van der Waals surface area contributed by atoms with Crippen LogP contribution in [0.3, 0.4) is 0 Å². The molecule has 2 heterocycles. The normalized spacial score (nSPS) is 12.8. The number of hydrogen-bond acceptors (Lipinski definition) is 2. The van der Waals surface area contributed by atoms with Gasteiger partial charge in [-0.15, -0.1) is 0 Å². The van der Waals surface area contributed by atoms with Crippen molar-refractivity contribution in [2.75, 3.05) is 0 Å². The van der Waals surface area contributed by atoms with Gasteiger partial charge >= 0.3 is 11.8 Å². The molecule has 8 heteroatoms. The number of halogens is 4. The highest BCUT2D eigenvalue weighted by Crippen LogP contribution is 2.50. The lowest BCUT2D eigenvalue weighted by Gasteiger charge is -2.27. The number of rotatable bonds is 9. The highest BCUT2D eigenvalue weighted by Gasteiger charge is 2.64. The molecule has 0 aliphatic carbocycles. The summed E-state index contributed by atoms with van der Waals surface area (Å²) >= 11 is 0. The van der Waals surface area contributed by atoms with Crippen molar-refractivity contribution in [2.45, 2.75) is 64.5 Å². The summed E-state index contributed by atoms with van der Waals surface area (Å²) in [5.41, 5.74) is 1.39. The Bertz CT molecular complexity index is 1130. The third-order valence-corrected chi connectivity index (χ3v) is 5.74. The van der Waals surface area contributed by atoms with Gasteiger partial charge < -0.3 is 9.13 Å². The third-order valence-electron chi connectivity index (χ3n) is 5.74. The minimum Gasteiger partial charge on any atom is -0.323 e. The Morgan fingerprint density at radius 1 is 0.656 bits per heavy atom. The van der Waals surface area contributed by atoms with Crippen LogP contribution in [0.2, 0.25) is 0 Å². The van der Waals surface area contributed by atoms with Crippen molar-refractivity contribution in [3.63, 3.8) is 0 Å². The molecule has 0 saturated carbocycles. The number of unbranched alkanes of at least 4 members (excludes halogenated alkanes) is 2. The minimum atomic E-state index is -4.55. The molecule has 0 atom stereocenters. The van der Waals surface area contributed by atoms with Gasteiger partial charge in [-0.05, 0) is 37.1 Å². The van der Waals surface area contributed by atoms with Gasteiger partial charge in [0.2, 0.25) is 0 Å². The molecule has 0 aliphatic heterocycles. The molecule has 0 fully saturated rings. The summed E-state index contributed by atoms with van der Waals surface area (Å²) in [7, 11) is 0. The van der Waals surface area contributed by atoms with Crippen LogP contribution >= 0.6 is 0 Å². The quantitative estimate of drug-likeness (QED) is 0.263. The standard InChI is InChI=1S/C24H26F4N4/c1-3-5-15-31-19-13-9-7-11-17(19)29-21(31)23(25,26)24(27,28)22-30-18-12-8-10-14-20(18)32(22)16-6-4-2/h7-14H,3-6,15-16H2,1-2H3. The van der Waals surface area contributed by atoms with Crippen LogP contribution in [0.25, 0.3) is 22.1 Å². The monoisotopic (exact) mass is 446 g/mol. The number of aryl methyl sites for hydroxylation is 2. The van der Waals surface area contributed by atoms with Crippen LogP contribution in [0.5, 0.6) is 0 Å². The molecular formula is C24H26F4N4. The van der Waals surface area contributed by atoms with Crippen LogP contribution in [-0.4, -0.2) is 19.1 Å². The van der Waals surface area contributed by atoms with E-state index in [0.29, 0.717) is 23.9 Å². The van der Waals surface area contributed by atoms with Crippen LogP contribution in [0.4, 0.5) is 17.6 Å². The number of nitrogens with zero attached hydrogens (tertiary/aromatic N) is 4. The second-order valence-electron chi connectivity index (χ2n) is 8.01. The average Bonchev–Trinajstić information content (AvgIpc) is 3.35. The summed E-state index contributed by atoms with van der Waals surface area (Å²) in [6.45, 7) is 4.21. The zero-order valence-electron chi connectivity index (χ0n) is 18.2. The van der Waals surface area contributed by atoms with Gasteiger partial charge in [-0.25, -0.2) is 9.97 Å². The Balaban J connectivity index is 1.89. The molecule has 0 unspecified atom stereocenters. The molecule has 4 nitrogen and oxygen atoms in total. The number of hydrogen-bond donors (Lipinski definition) is 0. The summed E-state index contributed by atoms with van der Waals surface area (Å²) in [6.07, 6.45) is 2.62. The number of para-hydroxylation sites is 4. The fraction of sp³-hybridized carbons (Fsp3) is 0.417. The number of fused-ring (bicyclic) bond motifs is 2. The number of alkyl halides is 4. The zero-order valence-corrected chi connectivity index (χ0v) is 18.2. The van der Waals surface area contributed by atoms with Gasteiger partial charge in [-0.2, -0.15) is 17.6 Å². The SMILES string of the molecule is CCCCn1c(C(F)(F)C(F)(F)c2nc3ccccc3n2CCCC)nc2ccccc21. The molecule has 0 saturated heterocycles. The molecule has 4 rings (SSSR count). The highest BCUT2D eigenvalue weighted by molar-refractivity contribution is 5.77. The predicted molar refractivity (Wildman–Crippen MR) is 117 cm³/mol. The van der Waals surface area contributed by atoms with Gasteiger partial charge in [0.1, 0.15) is 0 Å². The van der Waals surface area contributed by atoms with Gasteiger partial charge in [0.25, 0.3) is 0 Å². The molecule has 0 aliphatic rings. The molecule has 0 radical (unpaired) electrons. The molecule has 0 N–H and O–H groups in total.